The quantitative estimate of drug-likeness (QED) is 0.753. The maximum Gasteiger partial charge on any atom is 0.148 e. The first-order valence-corrected chi connectivity index (χ1v) is 5.37. The highest BCUT2D eigenvalue weighted by Gasteiger charge is 2.14. The van der Waals surface area contributed by atoms with Gasteiger partial charge >= 0.3 is 0 Å². The van der Waals surface area contributed by atoms with E-state index < -0.39 is 0 Å². The van der Waals surface area contributed by atoms with Crippen LogP contribution in [0, 0.1) is 5.82 Å². The molecule has 1 saturated heterocycles. The zero-order valence-corrected chi connectivity index (χ0v) is 9.08. The minimum absolute atomic E-state index is 0.222. The summed E-state index contributed by atoms with van der Waals surface area (Å²) < 4.78 is 19.0. The molecule has 1 aromatic carbocycles. The Bertz CT molecular complexity index is 353. The summed E-state index contributed by atoms with van der Waals surface area (Å²) in [5.41, 5.74) is 6.67. The lowest BCUT2D eigenvalue weighted by Gasteiger charge is -2.29. The summed E-state index contributed by atoms with van der Waals surface area (Å²) in [6.07, 6.45) is 0. The van der Waals surface area contributed by atoms with Gasteiger partial charge in [0.1, 0.15) is 5.82 Å². The molecular weight excluding hydrogens is 209 g/mol. The first kappa shape index (κ1) is 11.2. The number of nitrogens with one attached hydrogen (secondary N) is 1. The maximum absolute atomic E-state index is 13.8. The van der Waals surface area contributed by atoms with Crippen molar-refractivity contribution in [2.75, 3.05) is 43.2 Å². The molecule has 0 saturated carbocycles. The maximum atomic E-state index is 13.8. The molecule has 0 aliphatic carbocycles. The lowest BCUT2D eigenvalue weighted by molar-refractivity contribution is 0.122. The monoisotopic (exact) mass is 225 g/mol. The number of hydrogen-bond donors (Lipinski definition) is 2. The van der Waals surface area contributed by atoms with Crippen molar-refractivity contribution in [2.24, 2.45) is 5.73 Å². The highest BCUT2D eigenvalue weighted by Crippen LogP contribution is 2.23. The van der Waals surface area contributed by atoms with Crippen molar-refractivity contribution < 1.29 is 9.13 Å². The molecular formula is C11H16FN3O. The van der Waals surface area contributed by atoms with Gasteiger partial charge in [0.05, 0.1) is 25.6 Å². The normalized spacial score (nSPS) is 16.2. The van der Waals surface area contributed by atoms with Crippen molar-refractivity contribution >= 4 is 11.4 Å². The van der Waals surface area contributed by atoms with Crippen LogP contribution in [0.1, 0.15) is 0 Å². The Kier molecular flexibility index (Phi) is 3.58. The van der Waals surface area contributed by atoms with Crippen molar-refractivity contribution in [1.29, 1.82) is 0 Å². The third-order valence-electron chi connectivity index (χ3n) is 2.61. The molecule has 1 aromatic rings. The topological polar surface area (TPSA) is 50.5 Å². The van der Waals surface area contributed by atoms with Crippen molar-refractivity contribution in [3.63, 3.8) is 0 Å². The number of hydrogen-bond acceptors (Lipinski definition) is 4. The molecule has 4 nitrogen and oxygen atoms in total. The lowest BCUT2D eigenvalue weighted by Crippen LogP contribution is -2.36. The summed E-state index contributed by atoms with van der Waals surface area (Å²) in [5, 5.41) is 2.87. The number of rotatable bonds is 3. The van der Waals surface area contributed by atoms with Crippen molar-refractivity contribution in [3.05, 3.63) is 24.0 Å². The van der Waals surface area contributed by atoms with E-state index in [1.54, 1.807) is 6.07 Å². The fourth-order valence-electron chi connectivity index (χ4n) is 1.80. The molecule has 0 spiro atoms. The average Bonchev–Trinajstić information content (AvgIpc) is 2.31. The Morgan fingerprint density at radius 1 is 1.38 bits per heavy atom. The minimum Gasteiger partial charge on any atom is -0.378 e. The molecule has 16 heavy (non-hydrogen) atoms. The number of halogens is 1. The van der Waals surface area contributed by atoms with Gasteiger partial charge in [0.2, 0.25) is 0 Å². The van der Waals surface area contributed by atoms with Gasteiger partial charge in [0.25, 0.3) is 0 Å². The molecule has 0 unspecified atom stereocenters. The van der Waals surface area contributed by atoms with E-state index >= 15 is 0 Å². The van der Waals surface area contributed by atoms with Crippen LogP contribution >= 0.6 is 0 Å². The van der Waals surface area contributed by atoms with Gasteiger partial charge in [-0.15, -0.1) is 0 Å². The van der Waals surface area contributed by atoms with Crippen LogP contribution in [0.15, 0.2) is 18.2 Å². The third kappa shape index (κ3) is 2.43. The van der Waals surface area contributed by atoms with Crippen molar-refractivity contribution in [2.45, 2.75) is 0 Å². The third-order valence-corrected chi connectivity index (χ3v) is 2.61. The molecule has 1 aliphatic heterocycles. The zero-order chi connectivity index (χ0) is 11.4. The van der Waals surface area contributed by atoms with Gasteiger partial charge in [0.15, 0.2) is 0 Å². The summed E-state index contributed by atoms with van der Waals surface area (Å²) in [4.78, 5) is 1.99. The van der Waals surface area contributed by atoms with Crippen LogP contribution in [0.5, 0.6) is 0 Å². The fraction of sp³-hybridized carbons (Fsp3) is 0.455. The highest BCUT2D eigenvalue weighted by atomic mass is 19.1. The second kappa shape index (κ2) is 5.14. The molecule has 0 bridgehead atoms. The number of ether oxygens (including phenoxy) is 1. The summed E-state index contributed by atoms with van der Waals surface area (Å²) in [5.74, 6) is -0.222. The highest BCUT2D eigenvalue weighted by molar-refractivity contribution is 5.56. The summed E-state index contributed by atoms with van der Waals surface area (Å²) in [7, 11) is 0. The second-order valence-corrected chi connectivity index (χ2v) is 3.65. The second-order valence-electron chi connectivity index (χ2n) is 3.65. The van der Waals surface area contributed by atoms with Crippen LogP contribution < -0.4 is 16.0 Å². The first-order chi connectivity index (χ1) is 7.81. The van der Waals surface area contributed by atoms with Crippen molar-refractivity contribution in [1.82, 2.24) is 0 Å². The predicted molar refractivity (Wildman–Crippen MR) is 62.1 cm³/mol. The summed E-state index contributed by atoms with van der Waals surface area (Å²) in [6, 6.07) is 5.08. The SMILES string of the molecule is NCNc1ccc(N2CCOCC2)c(F)c1. The van der Waals surface area contributed by atoms with Gasteiger partial charge in [0, 0.05) is 18.8 Å². The number of morpholine rings is 1. The van der Waals surface area contributed by atoms with E-state index in [-0.39, 0.29) is 5.82 Å². The Morgan fingerprint density at radius 2 is 2.12 bits per heavy atom. The molecule has 88 valence electrons. The molecule has 0 aromatic heterocycles. The molecule has 1 heterocycles. The van der Waals surface area contributed by atoms with Crippen LogP contribution in [0.25, 0.3) is 0 Å². The van der Waals surface area contributed by atoms with Crippen LogP contribution in [0.4, 0.5) is 15.8 Å². The number of anilines is 2. The van der Waals surface area contributed by atoms with Crippen LogP contribution in [-0.2, 0) is 4.74 Å². The molecule has 1 aliphatic rings. The fourth-order valence-corrected chi connectivity index (χ4v) is 1.80. The van der Waals surface area contributed by atoms with Gasteiger partial charge < -0.3 is 20.7 Å². The molecule has 5 heteroatoms. The van der Waals surface area contributed by atoms with E-state index in [2.05, 4.69) is 5.32 Å². The van der Waals surface area contributed by atoms with Gasteiger partial charge in [-0.3, -0.25) is 0 Å². The van der Waals surface area contributed by atoms with Crippen LogP contribution in [0.3, 0.4) is 0 Å². The smallest absolute Gasteiger partial charge is 0.148 e. The van der Waals surface area contributed by atoms with Crippen molar-refractivity contribution in [3.8, 4) is 0 Å². The first-order valence-electron chi connectivity index (χ1n) is 5.37. The number of nitrogens with two attached hydrogens (primary N) is 1. The van der Waals surface area contributed by atoms with E-state index in [1.807, 2.05) is 11.0 Å². The Balaban J connectivity index is 2.14. The Morgan fingerprint density at radius 3 is 2.75 bits per heavy atom. The van der Waals surface area contributed by atoms with Crippen LogP contribution in [-0.4, -0.2) is 33.0 Å². The largest absolute Gasteiger partial charge is 0.378 e. The molecule has 0 radical (unpaired) electrons. The Labute approximate surface area is 94.2 Å². The van der Waals surface area contributed by atoms with Gasteiger partial charge in [-0.2, -0.15) is 0 Å². The van der Waals surface area contributed by atoms with E-state index in [4.69, 9.17) is 10.5 Å². The zero-order valence-electron chi connectivity index (χ0n) is 9.08. The van der Waals surface area contributed by atoms with Gasteiger partial charge in [-0.1, -0.05) is 0 Å². The molecule has 3 N–H and O–H groups in total. The number of nitrogens with zero attached hydrogens (tertiary/aromatic N) is 1. The van der Waals surface area contributed by atoms with E-state index in [9.17, 15) is 4.39 Å². The van der Waals surface area contributed by atoms with Gasteiger partial charge in [-0.25, -0.2) is 4.39 Å². The lowest BCUT2D eigenvalue weighted by atomic mass is 10.2. The average molecular weight is 225 g/mol. The molecule has 0 amide bonds. The summed E-state index contributed by atoms with van der Waals surface area (Å²) >= 11 is 0. The standard InChI is InChI=1S/C11H16FN3O/c12-10-7-9(14-8-13)1-2-11(10)15-3-5-16-6-4-15/h1-2,7,14H,3-6,8,13H2. The van der Waals surface area contributed by atoms with E-state index in [0.717, 1.165) is 13.1 Å². The number of benzene rings is 1. The van der Waals surface area contributed by atoms with E-state index in [0.29, 0.717) is 31.3 Å². The minimum atomic E-state index is -0.222. The molecule has 2 rings (SSSR count). The van der Waals surface area contributed by atoms with Gasteiger partial charge in [-0.05, 0) is 18.2 Å². The van der Waals surface area contributed by atoms with E-state index in [1.165, 1.54) is 6.07 Å². The Hall–Kier alpha value is -1.33. The molecule has 1 fully saturated rings. The van der Waals surface area contributed by atoms with Crippen LogP contribution in [0.2, 0.25) is 0 Å². The predicted octanol–water partition coefficient (Wildman–Crippen LogP) is 0.990. The summed E-state index contributed by atoms with van der Waals surface area (Å²) in [6.45, 7) is 3.09. The molecule has 0 atom stereocenters.